The Labute approximate surface area is 223 Å². The molecular formula is C26H28BFN3O4PS. The number of hydrogen-bond acceptors (Lipinski definition) is 7. The van der Waals surface area contributed by atoms with Crippen molar-refractivity contribution in [3.63, 3.8) is 0 Å². The summed E-state index contributed by atoms with van der Waals surface area (Å²) in [4.78, 5) is 32.3. The average Bonchev–Trinajstić information content (AvgIpc) is 3.32. The van der Waals surface area contributed by atoms with Crippen LogP contribution < -0.4 is 5.32 Å². The number of hydrogen-bond donors (Lipinski definition) is 1. The van der Waals surface area contributed by atoms with E-state index in [4.69, 9.17) is 22.3 Å². The topological polar surface area (TPSA) is 80.8 Å². The maximum Gasteiger partial charge on any atom is 0.410 e. The highest BCUT2D eigenvalue weighted by Gasteiger charge is 2.32. The minimum atomic E-state index is -2.07. The van der Waals surface area contributed by atoms with Crippen LogP contribution in [0, 0.1) is 0 Å². The van der Waals surface area contributed by atoms with Gasteiger partial charge >= 0.3 is 12.1 Å². The fourth-order valence-electron chi connectivity index (χ4n) is 4.14. The van der Waals surface area contributed by atoms with E-state index in [0.717, 1.165) is 29.7 Å². The fourth-order valence-corrected chi connectivity index (χ4v) is 5.29. The van der Waals surface area contributed by atoms with E-state index in [0.29, 0.717) is 34.5 Å². The predicted molar refractivity (Wildman–Crippen MR) is 146 cm³/mol. The second-order valence-electron chi connectivity index (χ2n) is 8.75. The third-order valence-corrected chi connectivity index (χ3v) is 7.24. The summed E-state index contributed by atoms with van der Waals surface area (Å²) in [5.41, 5.74) is 2.35. The molecule has 11 heteroatoms. The quantitative estimate of drug-likeness (QED) is 0.225. The number of thiazole rings is 1. The largest absolute Gasteiger partial charge is 0.462 e. The molecule has 192 valence electrons. The molecule has 2 radical (unpaired) electrons. The summed E-state index contributed by atoms with van der Waals surface area (Å²) in [6.45, 7) is 3.11. The average molecular weight is 539 g/mol. The van der Waals surface area contributed by atoms with Crippen molar-refractivity contribution in [1.29, 1.82) is 0 Å². The van der Waals surface area contributed by atoms with E-state index in [1.54, 1.807) is 36.1 Å². The van der Waals surface area contributed by atoms with E-state index in [9.17, 15) is 14.0 Å². The van der Waals surface area contributed by atoms with Gasteiger partial charge in [-0.1, -0.05) is 53.8 Å². The maximum absolute atomic E-state index is 14.2. The van der Waals surface area contributed by atoms with Crippen molar-refractivity contribution in [3.05, 3.63) is 76.3 Å². The van der Waals surface area contributed by atoms with Crippen molar-refractivity contribution in [2.24, 2.45) is 0 Å². The number of nitrogens with one attached hydrogen (secondary N) is 1. The molecule has 0 bridgehead atoms. The van der Waals surface area contributed by atoms with Crippen LogP contribution in [0.1, 0.15) is 52.2 Å². The molecule has 2 heterocycles. The first kappa shape index (κ1) is 27.1. The smallest absolute Gasteiger partial charge is 0.410 e. The lowest BCUT2D eigenvalue weighted by atomic mass is 9.92. The first-order valence-corrected chi connectivity index (χ1v) is 13.4. The Morgan fingerprint density at radius 1 is 1.24 bits per heavy atom. The second kappa shape index (κ2) is 12.1. The summed E-state index contributed by atoms with van der Waals surface area (Å²) in [5.74, 6) is -0.625. The van der Waals surface area contributed by atoms with Gasteiger partial charge in [0.15, 0.2) is 5.13 Å². The van der Waals surface area contributed by atoms with Crippen molar-refractivity contribution in [2.75, 3.05) is 25.0 Å². The maximum atomic E-state index is 14.2. The Kier molecular flexibility index (Phi) is 8.82. The van der Waals surface area contributed by atoms with Crippen LogP contribution in [0.2, 0.25) is 0 Å². The summed E-state index contributed by atoms with van der Waals surface area (Å²) >= 11 is 1.16. The SMILES string of the molecule is [B]C(F)(P)c1cccc(Nc2nc(C3CCCN(C(=O)OCc4ccccc4)C3)c(C(=O)OCC)s2)c1. The molecule has 3 aromatic rings. The highest BCUT2D eigenvalue weighted by atomic mass is 32.1. The number of ether oxygens (including phenoxy) is 2. The van der Waals surface area contributed by atoms with Crippen molar-refractivity contribution < 1.29 is 23.5 Å². The number of amides is 1. The van der Waals surface area contributed by atoms with Gasteiger partial charge in [-0.05, 0) is 43.0 Å². The van der Waals surface area contributed by atoms with Crippen LogP contribution in [0.15, 0.2) is 54.6 Å². The zero-order valence-electron chi connectivity index (χ0n) is 20.5. The first-order chi connectivity index (χ1) is 17.7. The monoisotopic (exact) mass is 539 g/mol. The standard InChI is InChI=1S/C26H28BFN3O4PS/c1-2-34-23(32)22-21(30-24(37-22)29-20-12-6-11-19(14-20)26(27,28)36)18-10-7-13-31(15-18)25(33)35-16-17-8-4-3-5-9-17/h3-6,8-9,11-12,14,18H,2,7,10,13,15-16,36H2,1H3,(H,29,30). The lowest BCUT2D eigenvalue weighted by molar-refractivity contribution is 0.0529. The van der Waals surface area contributed by atoms with Crippen LogP contribution in [0.5, 0.6) is 0 Å². The molecule has 0 spiro atoms. The van der Waals surface area contributed by atoms with Gasteiger partial charge in [0.2, 0.25) is 0 Å². The number of halogens is 1. The second-order valence-corrected chi connectivity index (χ2v) is 10.6. The molecule has 1 saturated heterocycles. The van der Waals surface area contributed by atoms with Gasteiger partial charge in [-0.25, -0.2) is 19.0 Å². The summed E-state index contributed by atoms with van der Waals surface area (Å²) in [7, 11) is 7.53. The van der Waals surface area contributed by atoms with Gasteiger partial charge in [0.1, 0.15) is 24.6 Å². The molecule has 1 aromatic heterocycles. The van der Waals surface area contributed by atoms with Gasteiger partial charge in [0, 0.05) is 24.7 Å². The molecule has 0 saturated carbocycles. The molecule has 0 aliphatic carbocycles. The van der Waals surface area contributed by atoms with E-state index in [-0.39, 0.29) is 24.7 Å². The number of anilines is 2. The van der Waals surface area contributed by atoms with Crippen molar-refractivity contribution in [2.45, 2.75) is 37.6 Å². The molecule has 2 aromatic carbocycles. The number of esters is 1. The number of benzene rings is 2. The van der Waals surface area contributed by atoms with E-state index in [1.165, 1.54) is 0 Å². The predicted octanol–water partition coefficient (Wildman–Crippen LogP) is 5.70. The molecule has 1 fully saturated rings. The minimum Gasteiger partial charge on any atom is -0.462 e. The van der Waals surface area contributed by atoms with Gasteiger partial charge in [0.25, 0.3) is 0 Å². The molecule has 1 amide bonds. The molecule has 37 heavy (non-hydrogen) atoms. The zero-order chi connectivity index (χ0) is 26.4. The minimum absolute atomic E-state index is 0.162. The lowest BCUT2D eigenvalue weighted by Crippen LogP contribution is -2.39. The Balaban J connectivity index is 1.51. The number of piperidine rings is 1. The summed E-state index contributed by atoms with van der Waals surface area (Å²) in [5, 5.41) is 1.54. The summed E-state index contributed by atoms with van der Waals surface area (Å²) in [6, 6.07) is 16.1. The molecule has 1 aliphatic heterocycles. The van der Waals surface area contributed by atoms with Gasteiger partial charge in [-0.2, -0.15) is 0 Å². The van der Waals surface area contributed by atoms with E-state index >= 15 is 0 Å². The summed E-state index contributed by atoms with van der Waals surface area (Å²) < 4.78 is 25.0. The number of likely N-dealkylation sites (tertiary alicyclic amines) is 1. The first-order valence-electron chi connectivity index (χ1n) is 12.0. The number of nitrogens with zero attached hydrogens (tertiary/aromatic N) is 2. The van der Waals surface area contributed by atoms with Crippen LogP contribution in [-0.4, -0.2) is 49.5 Å². The van der Waals surface area contributed by atoms with E-state index in [1.807, 2.05) is 39.6 Å². The Hall–Kier alpha value is -2.97. The lowest BCUT2D eigenvalue weighted by Gasteiger charge is -2.31. The van der Waals surface area contributed by atoms with Crippen molar-refractivity contribution in [3.8, 4) is 0 Å². The third kappa shape index (κ3) is 7.08. The summed E-state index contributed by atoms with van der Waals surface area (Å²) in [6.07, 6.45) is 1.11. The highest BCUT2D eigenvalue weighted by molar-refractivity contribution is 7.21. The van der Waals surface area contributed by atoms with Gasteiger partial charge in [-0.3, -0.25) is 0 Å². The molecule has 3 unspecified atom stereocenters. The van der Waals surface area contributed by atoms with Crippen molar-refractivity contribution in [1.82, 2.24) is 9.88 Å². The van der Waals surface area contributed by atoms with Gasteiger partial charge in [-0.15, -0.1) is 9.24 Å². The molecule has 7 nitrogen and oxygen atoms in total. The molecule has 3 atom stereocenters. The van der Waals surface area contributed by atoms with Crippen LogP contribution in [0.4, 0.5) is 20.0 Å². The normalized spacial score (nSPS) is 17.1. The number of rotatable bonds is 8. The third-order valence-electron chi connectivity index (χ3n) is 5.94. The Bertz CT molecular complexity index is 1240. The fraction of sp³-hybridized carbons (Fsp3) is 0.346. The Morgan fingerprint density at radius 3 is 2.76 bits per heavy atom. The van der Waals surface area contributed by atoms with E-state index < -0.39 is 17.4 Å². The number of carbonyl (C=O) groups excluding carboxylic acids is 2. The van der Waals surface area contributed by atoms with Crippen LogP contribution in [0.25, 0.3) is 0 Å². The molecule has 1 aliphatic rings. The number of alkyl halides is 1. The van der Waals surface area contributed by atoms with Crippen LogP contribution in [-0.2, 0) is 21.4 Å². The van der Waals surface area contributed by atoms with Crippen LogP contribution >= 0.6 is 20.6 Å². The van der Waals surface area contributed by atoms with Gasteiger partial charge < -0.3 is 19.7 Å². The highest BCUT2D eigenvalue weighted by Crippen LogP contribution is 2.37. The zero-order valence-corrected chi connectivity index (χ0v) is 22.5. The number of carbonyl (C=O) groups is 2. The van der Waals surface area contributed by atoms with Crippen molar-refractivity contribution >= 4 is 51.3 Å². The van der Waals surface area contributed by atoms with Gasteiger partial charge in [0.05, 0.1) is 12.3 Å². The molecule has 4 rings (SSSR count). The Morgan fingerprint density at radius 2 is 2.03 bits per heavy atom. The van der Waals surface area contributed by atoms with E-state index in [2.05, 4.69) is 5.32 Å². The van der Waals surface area contributed by atoms with Crippen LogP contribution in [0.3, 0.4) is 0 Å². The molecule has 1 N–H and O–H groups in total. The molecular weight excluding hydrogens is 511 g/mol. The number of aromatic nitrogens is 1.